The van der Waals surface area contributed by atoms with Gasteiger partial charge in [0, 0.05) is 12.5 Å². The van der Waals surface area contributed by atoms with Crippen LogP contribution in [0.1, 0.15) is 40.5 Å². The molecule has 1 aliphatic heterocycles. The number of likely N-dealkylation sites (tertiary alicyclic amines) is 1. The number of rotatable bonds is 0. The zero-order valence-corrected chi connectivity index (χ0v) is 9.87. The van der Waals surface area contributed by atoms with Gasteiger partial charge in [-0.1, -0.05) is 0 Å². The van der Waals surface area contributed by atoms with Crippen molar-refractivity contribution < 1.29 is 14.3 Å². The molecule has 0 aromatic heterocycles. The molecule has 1 atom stereocenters. The monoisotopic (exact) mass is 213 g/mol. The Hall–Kier alpha value is -1.06. The summed E-state index contributed by atoms with van der Waals surface area (Å²) < 4.78 is 5.23. The number of ketones is 1. The number of piperidine rings is 1. The molecule has 0 N–H and O–H groups in total. The summed E-state index contributed by atoms with van der Waals surface area (Å²) in [7, 11) is 0. The van der Waals surface area contributed by atoms with Gasteiger partial charge < -0.3 is 4.74 Å². The Kier molecular flexibility index (Phi) is 3.37. The van der Waals surface area contributed by atoms with E-state index in [2.05, 4.69) is 0 Å². The van der Waals surface area contributed by atoms with E-state index in [0.717, 1.165) is 6.42 Å². The Balaban J connectivity index is 2.61. The fourth-order valence-electron chi connectivity index (χ4n) is 1.52. The van der Waals surface area contributed by atoms with Crippen molar-refractivity contribution in [2.24, 2.45) is 0 Å². The van der Waals surface area contributed by atoms with Crippen LogP contribution in [0.2, 0.25) is 0 Å². The third-order valence-corrected chi connectivity index (χ3v) is 2.35. The van der Waals surface area contributed by atoms with E-state index in [1.807, 2.05) is 27.7 Å². The molecule has 86 valence electrons. The number of Topliss-reactive ketones (excluding diaryl/α,β-unsaturated/α-hetero) is 1. The van der Waals surface area contributed by atoms with Gasteiger partial charge in [-0.15, -0.1) is 0 Å². The second-order valence-electron chi connectivity index (χ2n) is 5.03. The second kappa shape index (κ2) is 4.21. The number of carbonyl (C=O) groups is 2. The fraction of sp³-hybridized carbons (Fsp3) is 0.818. The minimum Gasteiger partial charge on any atom is -0.444 e. The summed E-state index contributed by atoms with van der Waals surface area (Å²) in [6, 6.07) is 0.0950. The largest absolute Gasteiger partial charge is 0.444 e. The lowest BCUT2D eigenvalue weighted by Crippen LogP contribution is -2.47. The third kappa shape index (κ3) is 3.53. The summed E-state index contributed by atoms with van der Waals surface area (Å²) in [6.45, 7) is 7.59. The van der Waals surface area contributed by atoms with E-state index in [1.165, 1.54) is 4.90 Å². The third-order valence-electron chi connectivity index (χ3n) is 2.35. The first kappa shape index (κ1) is 12.0. The van der Waals surface area contributed by atoms with Gasteiger partial charge in [-0.05, 0) is 34.1 Å². The molecule has 0 aromatic carbocycles. The molecule has 0 radical (unpaired) electrons. The van der Waals surface area contributed by atoms with E-state index in [0.29, 0.717) is 6.42 Å². The van der Waals surface area contributed by atoms with Crippen molar-refractivity contribution in [2.45, 2.75) is 52.2 Å². The summed E-state index contributed by atoms with van der Waals surface area (Å²) in [5.74, 6) is 0.110. The smallest absolute Gasteiger partial charge is 0.410 e. The molecule has 1 amide bonds. The maximum atomic E-state index is 11.7. The number of nitrogens with zero attached hydrogens (tertiary/aromatic N) is 1. The van der Waals surface area contributed by atoms with E-state index in [-0.39, 0.29) is 24.5 Å². The normalized spacial score (nSPS) is 22.8. The van der Waals surface area contributed by atoms with E-state index in [4.69, 9.17) is 4.74 Å². The molecule has 0 aliphatic carbocycles. The lowest BCUT2D eigenvalue weighted by atomic mass is 10.0. The van der Waals surface area contributed by atoms with E-state index in [1.54, 1.807) is 0 Å². The molecule has 1 aliphatic rings. The van der Waals surface area contributed by atoms with E-state index < -0.39 is 5.60 Å². The highest BCUT2D eigenvalue weighted by molar-refractivity contribution is 5.85. The van der Waals surface area contributed by atoms with E-state index in [9.17, 15) is 9.59 Å². The first-order valence-electron chi connectivity index (χ1n) is 5.31. The molecule has 0 unspecified atom stereocenters. The van der Waals surface area contributed by atoms with Gasteiger partial charge in [0.1, 0.15) is 5.60 Å². The molecule has 1 saturated heterocycles. The summed E-state index contributed by atoms with van der Waals surface area (Å²) in [5, 5.41) is 0. The van der Waals surface area contributed by atoms with Crippen LogP contribution in [0.3, 0.4) is 0 Å². The summed E-state index contributed by atoms with van der Waals surface area (Å²) in [4.78, 5) is 24.5. The van der Waals surface area contributed by atoms with Crippen LogP contribution in [0.25, 0.3) is 0 Å². The molecular weight excluding hydrogens is 194 g/mol. The quantitative estimate of drug-likeness (QED) is 0.618. The van der Waals surface area contributed by atoms with Crippen molar-refractivity contribution in [2.75, 3.05) is 6.54 Å². The van der Waals surface area contributed by atoms with Gasteiger partial charge in [0.25, 0.3) is 0 Å². The van der Waals surface area contributed by atoms with Crippen LogP contribution < -0.4 is 0 Å². The topological polar surface area (TPSA) is 46.6 Å². The first-order chi connectivity index (χ1) is 6.79. The Morgan fingerprint density at radius 2 is 2.07 bits per heavy atom. The van der Waals surface area contributed by atoms with Crippen LogP contribution in [0.5, 0.6) is 0 Å². The second-order valence-corrected chi connectivity index (χ2v) is 5.03. The van der Waals surface area contributed by atoms with Crippen molar-refractivity contribution in [3.05, 3.63) is 0 Å². The molecule has 4 nitrogen and oxygen atoms in total. The Morgan fingerprint density at radius 1 is 1.47 bits per heavy atom. The van der Waals surface area contributed by atoms with E-state index >= 15 is 0 Å². The molecule has 0 bridgehead atoms. The number of ether oxygens (including phenoxy) is 1. The van der Waals surface area contributed by atoms with Crippen LogP contribution in [0.15, 0.2) is 0 Å². The SMILES string of the molecule is C[C@@H]1CCC(=O)CN1C(=O)OC(C)(C)C. The zero-order chi connectivity index (χ0) is 11.6. The van der Waals surface area contributed by atoms with Crippen LogP contribution in [0, 0.1) is 0 Å². The average Bonchev–Trinajstić information content (AvgIpc) is 2.06. The van der Waals surface area contributed by atoms with Crippen LogP contribution in [-0.2, 0) is 9.53 Å². The Labute approximate surface area is 90.6 Å². The maximum Gasteiger partial charge on any atom is 0.410 e. The minimum atomic E-state index is -0.503. The molecule has 1 fully saturated rings. The molecule has 0 spiro atoms. The highest BCUT2D eigenvalue weighted by atomic mass is 16.6. The van der Waals surface area contributed by atoms with Gasteiger partial charge in [0.05, 0.1) is 6.54 Å². The zero-order valence-electron chi connectivity index (χ0n) is 9.87. The molecule has 1 heterocycles. The van der Waals surface area contributed by atoms with Crippen molar-refractivity contribution in [3.63, 3.8) is 0 Å². The number of carbonyl (C=O) groups excluding carboxylic acids is 2. The summed E-state index contributed by atoms with van der Waals surface area (Å²) in [6.07, 6.45) is 0.918. The lowest BCUT2D eigenvalue weighted by Gasteiger charge is -2.34. The summed E-state index contributed by atoms with van der Waals surface area (Å²) in [5.41, 5.74) is -0.503. The molecule has 0 saturated carbocycles. The highest BCUT2D eigenvalue weighted by Crippen LogP contribution is 2.18. The van der Waals surface area contributed by atoms with Gasteiger partial charge in [0.15, 0.2) is 5.78 Å². The van der Waals surface area contributed by atoms with Gasteiger partial charge in [-0.3, -0.25) is 9.69 Å². The Bertz CT molecular complexity index is 267. The van der Waals surface area contributed by atoms with Crippen molar-refractivity contribution in [1.82, 2.24) is 4.90 Å². The van der Waals surface area contributed by atoms with Crippen molar-refractivity contribution in [3.8, 4) is 0 Å². The van der Waals surface area contributed by atoms with Gasteiger partial charge in [-0.2, -0.15) is 0 Å². The standard InChI is InChI=1S/C11H19NO3/c1-8-5-6-9(13)7-12(8)10(14)15-11(2,3)4/h8H,5-7H2,1-4H3/t8-/m1/s1. The molecule has 4 heteroatoms. The van der Waals surface area contributed by atoms with Crippen molar-refractivity contribution in [1.29, 1.82) is 0 Å². The summed E-state index contributed by atoms with van der Waals surface area (Å²) >= 11 is 0. The lowest BCUT2D eigenvalue weighted by molar-refractivity contribution is -0.123. The molecule has 15 heavy (non-hydrogen) atoms. The minimum absolute atomic E-state index is 0.0950. The van der Waals surface area contributed by atoms with Gasteiger partial charge in [-0.25, -0.2) is 4.79 Å². The first-order valence-corrected chi connectivity index (χ1v) is 5.31. The number of hydrogen-bond donors (Lipinski definition) is 0. The Morgan fingerprint density at radius 3 is 2.60 bits per heavy atom. The van der Waals surface area contributed by atoms with Crippen LogP contribution in [0.4, 0.5) is 4.79 Å². The van der Waals surface area contributed by atoms with Crippen LogP contribution in [-0.4, -0.2) is 35.0 Å². The van der Waals surface area contributed by atoms with Crippen molar-refractivity contribution >= 4 is 11.9 Å². The number of amides is 1. The molecule has 1 rings (SSSR count). The number of hydrogen-bond acceptors (Lipinski definition) is 3. The molecule has 0 aromatic rings. The van der Waals surface area contributed by atoms with Gasteiger partial charge in [0.2, 0.25) is 0 Å². The molecular formula is C11H19NO3. The van der Waals surface area contributed by atoms with Crippen LogP contribution >= 0.6 is 0 Å². The highest BCUT2D eigenvalue weighted by Gasteiger charge is 2.30. The fourth-order valence-corrected chi connectivity index (χ4v) is 1.52. The maximum absolute atomic E-state index is 11.7. The van der Waals surface area contributed by atoms with Gasteiger partial charge >= 0.3 is 6.09 Å². The predicted octanol–water partition coefficient (Wildman–Crippen LogP) is 1.97. The predicted molar refractivity (Wildman–Crippen MR) is 56.6 cm³/mol. The average molecular weight is 213 g/mol.